The first-order valence-electron chi connectivity index (χ1n) is 11.7. The SMILES string of the molecule is CCN(CC)C(=O)[C@@H](NC(=O)c1ccc(F)cc1)C1CCN(C(=O)c2cccc(OC)c2)CC1. The van der Waals surface area contributed by atoms with Crippen LogP contribution in [0.1, 0.15) is 47.4 Å². The van der Waals surface area contributed by atoms with Gasteiger partial charge in [0.05, 0.1) is 7.11 Å². The Bertz CT molecular complexity index is 999. The highest BCUT2D eigenvalue weighted by Crippen LogP contribution is 2.25. The van der Waals surface area contributed by atoms with Crippen LogP contribution in [0.15, 0.2) is 48.5 Å². The van der Waals surface area contributed by atoms with Gasteiger partial charge in [-0.3, -0.25) is 14.4 Å². The number of carbonyl (C=O) groups is 3. The van der Waals surface area contributed by atoms with Crippen LogP contribution in [0.3, 0.4) is 0 Å². The van der Waals surface area contributed by atoms with E-state index in [9.17, 15) is 18.8 Å². The molecular formula is C26H32FN3O4. The fraction of sp³-hybridized carbons (Fsp3) is 0.423. The summed E-state index contributed by atoms with van der Waals surface area (Å²) in [7, 11) is 1.56. The molecule has 1 atom stereocenters. The number of piperidine rings is 1. The van der Waals surface area contributed by atoms with Gasteiger partial charge in [-0.2, -0.15) is 0 Å². The number of likely N-dealkylation sites (N-methyl/N-ethyl adjacent to an activating group) is 1. The normalized spacial score (nSPS) is 14.9. The molecule has 3 rings (SSSR count). The number of halogens is 1. The van der Waals surface area contributed by atoms with Gasteiger partial charge in [0.15, 0.2) is 0 Å². The summed E-state index contributed by atoms with van der Waals surface area (Å²) in [6.07, 6.45) is 1.16. The average molecular weight is 470 g/mol. The van der Waals surface area contributed by atoms with Crippen LogP contribution in [0, 0.1) is 11.7 Å². The lowest BCUT2D eigenvalue weighted by Gasteiger charge is -2.37. The quantitative estimate of drug-likeness (QED) is 0.643. The number of carbonyl (C=O) groups excluding carboxylic acids is 3. The number of nitrogens with zero attached hydrogens (tertiary/aromatic N) is 2. The molecule has 2 aromatic carbocycles. The van der Waals surface area contributed by atoms with Gasteiger partial charge in [0.2, 0.25) is 5.91 Å². The molecule has 0 unspecified atom stereocenters. The number of methoxy groups -OCH3 is 1. The van der Waals surface area contributed by atoms with Crippen LogP contribution in [0.2, 0.25) is 0 Å². The van der Waals surface area contributed by atoms with E-state index in [-0.39, 0.29) is 17.7 Å². The predicted molar refractivity (Wildman–Crippen MR) is 127 cm³/mol. The molecule has 1 aliphatic heterocycles. The van der Waals surface area contributed by atoms with E-state index >= 15 is 0 Å². The fourth-order valence-corrected chi connectivity index (χ4v) is 4.31. The molecular weight excluding hydrogens is 437 g/mol. The van der Waals surface area contributed by atoms with Crippen molar-refractivity contribution < 1.29 is 23.5 Å². The van der Waals surface area contributed by atoms with Gasteiger partial charge >= 0.3 is 0 Å². The highest BCUT2D eigenvalue weighted by molar-refractivity contribution is 5.98. The number of hydrogen-bond donors (Lipinski definition) is 1. The lowest BCUT2D eigenvalue weighted by molar-refractivity contribution is -0.134. The van der Waals surface area contributed by atoms with Gasteiger partial charge in [-0.15, -0.1) is 0 Å². The molecule has 0 radical (unpaired) electrons. The van der Waals surface area contributed by atoms with Gasteiger partial charge in [-0.25, -0.2) is 4.39 Å². The van der Waals surface area contributed by atoms with Crippen LogP contribution in [-0.2, 0) is 4.79 Å². The second-order valence-corrected chi connectivity index (χ2v) is 8.33. The molecule has 7 nitrogen and oxygen atoms in total. The first-order valence-corrected chi connectivity index (χ1v) is 11.7. The number of likely N-dealkylation sites (tertiary alicyclic amines) is 1. The zero-order chi connectivity index (χ0) is 24.7. The maximum atomic E-state index is 13.3. The van der Waals surface area contributed by atoms with Crippen LogP contribution < -0.4 is 10.1 Å². The number of amides is 3. The van der Waals surface area contributed by atoms with E-state index in [1.807, 2.05) is 13.8 Å². The van der Waals surface area contributed by atoms with Crippen molar-refractivity contribution in [3.63, 3.8) is 0 Å². The summed E-state index contributed by atoms with van der Waals surface area (Å²) in [5.74, 6) is -0.570. The summed E-state index contributed by atoms with van der Waals surface area (Å²) in [5.41, 5.74) is 0.850. The van der Waals surface area contributed by atoms with Crippen LogP contribution >= 0.6 is 0 Å². The molecule has 0 aliphatic carbocycles. The molecule has 1 aliphatic rings. The van der Waals surface area contributed by atoms with E-state index < -0.39 is 17.8 Å². The second-order valence-electron chi connectivity index (χ2n) is 8.33. The van der Waals surface area contributed by atoms with Gasteiger partial charge < -0.3 is 19.9 Å². The van der Waals surface area contributed by atoms with E-state index in [0.717, 1.165) is 0 Å². The Morgan fingerprint density at radius 1 is 1.06 bits per heavy atom. The number of ether oxygens (including phenoxy) is 1. The smallest absolute Gasteiger partial charge is 0.253 e. The van der Waals surface area contributed by atoms with E-state index in [1.54, 1.807) is 41.2 Å². The molecule has 182 valence electrons. The van der Waals surface area contributed by atoms with Gasteiger partial charge in [0.1, 0.15) is 17.6 Å². The van der Waals surface area contributed by atoms with Crippen molar-refractivity contribution in [3.8, 4) is 5.75 Å². The minimum Gasteiger partial charge on any atom is -0.497 e. The molecule has 8 heteroatoms. The van der Waals surface area contributed by atoms with Gasteiger partial charge in [0.25, 0.3) is 11.8 Å². The van der Waals surface area contributed by atoms with Crippen molar-refractivity contribution in [1.82, 2.24) is 15.1 Å². The van der Waals surface area contributed by atoms with Crippen molar-refractivity contribution in [2.45, 2.75) is 32.7 Å². The van der Waals surface area contributed by atoms with Crippen molar-refractivity contribution >= 4 is 17.7 Å². The maximum absolute atomic E-state index is 13.3. The third-order valence-corrected chi connectivity index (χ3v) is 6.35. The van der Waals surface area contributed by atoms with Crippen molar-refractivity contribution in [1.29, 1.82) is 0 Å². The molecule has 0 spiro atoms. The number of benzene rings is 2. The first kappa shape index (κ1) is 25.2. The maximum Gasteiger partial charge on any atom is 0.253 e. The molecule has 34 heavy (non-hydrogen) atoms. The average Bonchev–Trinajstić information content (AvgIpc) is 2.88. The Labute approximate surface area is 199 Å². The molecule has 1 heterocycles. The number of hydrogen-bond acceptors (Lipinski definition) is 4. The van der Waals surface area contributed by atoms with E-state index in [0.29, 0.717) is 55.9 Å². The summed E-state index contributed by atoms with van der Waals surface area (Å²) in [4.78, 5) is 42.6. The van der Waals surface area contributed by atoms with E-state index in [4.69, 9.17) is 4.74 Å². The molecule has 3 amide bonds. The third kappa shape index (κ3) is 5.92. The van der Waals surface area contributed by atoms with Crippen molar-refractivity contribution in [2.24, 2.45) is 5.92 Å². The highest BCUT2D eigenvalue weighted by atomic mass is 19.1. The first-order chi connectivity index (χ1) is 16.4. The van der Waals surface area contributed by atoms with Gasteiger partial charge in [-0.05, 0) is 75.1 Å². The molecule has 2 aromatic rings. The summed E-state index contributed by atoms with van der Waals surface area (Å²) >= 11 is 0. The zero-order valence-corrected chi connectivity index (χ0v) is 19.9. The Morgan fingerprint density at radius 3 is 2.29 bits per heavy atom. The van der Waals surface area contributed by atoms with E-state index in [2.05, 4.69) is 5.32 Å². The van der Waals surface area contributed by atoms with Crippen LogP contribution in [0.4, 0.5) is 4.39 Å². The highest BCUT2D eigenvalue weighted by Gasteiger charge is 2.35. The Morgan fingerprint density at radius 2 is 1.71 bits per heavy atom. The minimum atomic E-state index is -0.716. The minimum absolute atomic E-state index is 0.0840. The Balaban J connectivity index is 1.72. The van der Waals surface area contributed by atoms with E-state index in [1.165, 1.54) is 24.3 Å². The van der Waals surface area contributed by atoms with Gasteiger partial charge in [-0.1, -0.05) is 6.07 Å². The second kappa shape index (κ2) is 11.6. The third-order valence-electron chi connectivity index (χ3n) is 6.35. The number of rotatable bonds is 8. The van der Waals surface area contributed by atoms with Gasteiger partial charge in [0, 0.05) is 37.3 Å². The largest absolute Gasteiger partial charge is 0.497 e. The molecule has 1 N–H and O–H groups in total. The van der Waals surface area contributed by atoms with Crippen molar-refractivity contribution in [2.75, 3.05) is 33.3 Å². The van der Waals surface area contributed by atoms with Crippen LogP contribution in [0.25, 0.3) is 0 Å². The lowest BCUT2D eigenvalue weighted by Crippen LogP contribution is -2.54. The summed E-state index contributed by atoms with van der Waals surface area (Å²) in [6, 6.07) is 11.6. The number of nitrogens with one attached hydrogen (secondary N) is 1. The summed E-state index contributed by atoms with van der Waals surface area (Å²) in [5, 5.41) is 2.89. The molecule has 0 aromatic heterocycles. The van der Waals surface area contributed by atoms with Crippen molar-refractivity contribution in [3.05, 3.63) is 65.5 Å². The zero-order valence-electron chi connectivity index (χ0n) is 19.9. The lowest BCUT2D eigenvalue weighted by atomic mass is 9.87. The molecule has 1 saturated heterocycles. The standard InChI is InChI=1S/C26H32FN3O4/c1-4-29(5-2)26(33)23(28-24(31)19-9-11-21(27)12-10-19)18-13-15-30(16-14-18)25(32)20-7-6-8-22(17-20)34-3/h6-12,17-18,23H,4-5,13-16H2,1-3H3,(H,28,31)/t23-/m0/s1. The fourth-order valence-electron chi connectivity index (χ4n) is 4.31. The monoisotopic (exact) mass is 469 g/mol. The molecule has 0 bridgehead atoms. The van der Waals surface area contributed by atoms with Crippen LogP contribution in [0.5, 0.6) is 5.75 Å². The molecule has 1 fully saturated rings. The molecule has 0 saturated carbocycles. The Kier molecular flexibility index (Phi) is 8.62. The predicted octanol–water partition coefficient (Wildman–Crippen LogP) is 3.35. The summed E-state index contributed by atoms with van der Waals surface area (Å²) < 4.78 is 18.5. The van der Waals surface area contributed by atoms with Crippen LogP contribution in [-0.4, -0.2) is 66.9 Å². The summed E-state index contributed by atoms with van der Waals surface area (Å²) in [6.45, 7) is 5.83. The topological polar surface area (TPSA) is 79.0 Å². The Hall–Kier alpha value is -3.42.